The SMILES string of the molecule is Cc1c(C(=O)NCCc2cccc(C(N)=O)c2)oc2ccc(Br)cc12. The molecule has 25 heavy (non-hydrogen) atoms. The van der Waals surface area contributed by atoms with Gasteiger partial charge in [0.15, 0.2) is 5.76 Å². The zero-order chi connectivity index (χ0) is 18.0. The van der Waals surface area contributed by atoms with Crippen molar-refractivity contribution in [1.29, 1.82) is 0 Å². The lowest BCUT2D eigenvalue weighted by Gasteiger charge is -2.05. The van der Waals surface area contributed by atoms with Crippen LogP contribution >= 0.6 is 15.9 Å². The molecule has 0 spiro atoms. The number of rotatable bonds is 5. The summed E-state index contributed by atoms with van der Waals surface area (Å²) in [5.74, 6) is -0.398. The minimum Gasteiger partial charge on any atom is -0.451 e. The molecular weight excluding hydrogens is 384 g/mol. The van der Waals surface area contributed by atoms with Crippen LogP contribution in [-0.2, 0) is 6.42 Å². The van der Waals surface area contributed by atoms with Gasteiger partial charge in [-0.1, -0.05) is 28.1 Å². The van der Waals surface area contributed by atoms with E-state index in [1.807, 2.05) is 31.2 Å². The molecule has 2 amide bonds. The van der Waals surface area contributed by atoms with Gasteiger partial charge in [0, 0.05) is 27.5 Å². The van der Waals surface area contributed by atoms with Crippen molar-refractivity contribution in [3.05, 3.63) is 69.4 Å². The Morgan fingerprint density at radius 2 is 2.00 bits per heavy atom. The number of nitrogens with one attached hydrogen (secondary N) is 1. The third kappa shape index (κ3) is 3.74. The Labute approximate surface area is 153 Å². The van der Waals surface area contributed by atoms with Gasteiger partial charge in [-0.05, 0) is 49.2 Å². The van der Waals surface area contributed by atoms with Crippen LogP contribution in [0.4, 0.5) is 0 Å². The van der Waals surface area contributed by atoms with Crippen molar-refractivity contribution in [3.63, 3.8) is 0 Å². The number of furan rings is 1. The highest BCUT2D eigenvalue weighted by molar-refractivity contribution is 9.10. The molecule has 2 aromatic carbocycles. The summed E-state index contributed by atoms with van der Waals surface area (Å²) in [6.07, 6.45) is 0.595. The van der Waals surface area contributed by atoms with E-state index in [1.165, 1.54) is 0 Å². The molecule has 0 unspecified atom stereocenters. The molecule has 6 heteroatoms. The van der Waals surface area contributed by atoms with Gasteiger partial charge in [0.25, 0.3) is 5.91 Å². The van der Waals surface area contributed by atoms with Crippen molar-refractivity contribution in [2.45, 2.75) is 13.3 Å². The normalized spacial score (nSPS) is 10.8. The third-order valence-corrected chi connectivity index (χ3v) is 4.51. The number of aryl methyl sites for hydroxylation is 1. The maximum atomic E-state index is 12.4. The molecule has 0 fully saturated rings. The molecule has 0 radical (unpaired) electrons. The predicted molar refractivity (Wildman–Crippen MR) is 99.6 cm³/mol. The van der Waals surface area contributed by atoms with Crippen LogP contribution in [0, 0.1) is 6.92 Å². The van der Waals surface area contributed by atoms with Gasteiger partial charge in [-0.15, -0.1) is 0 Å². The first kappa shape index (κ1) is 17.2. The van der Waals surface area contributed by atoms with E-state index in [1.54, 1.807) is 18.2 Å². The van der Waals surface area contributed by atoms with Crippen LogP contribution in [0.1, 0.15) is 32.0 Å². The molecule has 0 saturated heterocycles. The Morgan fingerprint density at radius 3 is 2.76 bits per heavy atom. The third-order valence-electron chi connectivity index (χ3n) is 4.02. The molecule has 3 aromatic rings. The summed E-state index contributed by atoms with van der Waals surface area (Å²) in [4.78, 5) is 23.6. The smallest absolute Gasteiger partial charge is 0.287 e. The van der Waals surface area contributed by atoms with Crippen molar-refractivity contribution < 1.29 is 14.0 Å². The lowest BCUT2D eigenvalue weighted by Crippen LogP contribution is -2.26. The zero-order valence-corrected chi connectivity index (χ0v) is 15.2. The molecular formula is C19H17BrN2O3. The molecule has 0 saturated carbocycles. The monoisotopic (exact) mass is 400 g/mol. The Kier molecular flexibility index (Phi) is 4.90. The van der Waals surface area contributed by atoms with Gasteiger partial charge in [0.05, 0.1) is 0 Å². The summed E-state index contributed by atoms with van der Waals surface area (Å²) in [5.41, 5.74) is 8.16. The number of amides is 2. The number of hydrogen-bond donors (Lipinski definition) is 2. The number of carbonyl (C=O) groups excluding carboxylic acids is 2. The predicted octanol–water partition coefficient (Wildman–Crippen LogP) is 3.58. The molecule has 0 aliphatic heterocycles. The maximum Gasteiger partial charge on any atom is 0.287 e. The highest BCUT2D eigenvalue weighted by Crippen LogP contribution is 2.27. The summed E-state index contributed by atoms with van der Waals surface area (Å²) < 4.78 is 6.61. The van der Waals surface area contributed by atoms with E-state index in [9.17, 15) is 9.59 Å². The van der Waals surface area contributed by atoms with Gasteiger partial charge in [-0.25, -0.2) is 0 Å². The van der Waals surface area contributed by atoms with Crippen LogP contribution in [0.2, 0.25) is 0 Å². The minimum absolute atomic E-state index is 0.254. The van der Waals surface area contributed by atoms with Gasteiger partial charge in [0.1, 0.15) is 5.58 Å². The first-order valence-electron chi connectivity index (χ1n) is 7.81. The van der Waals surface area contributed by atoms with Crippen molar-refractivity contribution in [2.24, 2.45) is 5.73 Å². The number of nitrogens with two attached hydrogens (primary N) is 1. The topological polar surface area (TPSA) is 85.3 Å². The van der Waals surface area contributed by atoms with Gasteiger partial charge < -0.3 is 15.5 Å². The van der Waals surface area contributed by atoms with Gasteiger partial charge in [-0.3, -0.25) is 9.59 Å². The Balaban J connectivity index is 1.68. The van der Waals surface area contributed by atoms with Gasteiger partial charge in [0.2, 0.25) is 5.91 Å². The number of hydrogen-bond acceptors (Lipinski definition) is 3. The van der Waals surface area contributed by atoms with Crippen LogP contribution < -0.4 is 11.1 Å². The molecule has 128 valence electrons. The molecule has 1 aromatic heterocycles. The zero-order valence-electron chi connectivity index (χ0n) is 13.6. The standard InChI is InChI=1S/C19H17BrN2O3/c1-11-15-10-14(20)5-6-16(15)25-17(11)19(24)22-8-7-12-3-2-4-13(9-12)18(21)23/h2-6,9-10H,7-8H2,1H3,(H2,21,23)(H,22,24). The number of fused-ring (bicyclic) bond motifs is 1. The number of benzene rings is 2. The minimum atomic E-state index is -0.463. The van der Waals surface area contributed by atoms with E-state index in [-0.39, 0.29) is 5.91 Å². The Hall–Kier alpha value is -2.60. The average molecular weight is 401 g/mol. The van der Waals surface area contributed by atoms with Crippen molar-refractivity contribution >= 4 is 38.7 Å². The second kappa shape index (κ2) is 7.11. The fraction of sp³-hybridized carbons (Fsp3) is 0.158. The molecule has 0 atom stereocenters. The van der Waals surface area contributed by atoms with Gasteiger partial charge >= 0.3 is 0 Å². The van der Waals surface area contributed by atoms with Crippen LogP contribution in [0.15, 0.2) is 51.4 Å². The molecule has 3 N–H and O–H groups in total. The lowest BCUT2D eigenvalue weighted by molar-refractivity contribution is 0.0926. The summed E-state index contributed by atoms with van der Waals surface area (Å²) in [5, 5.41) is 3.76. The Morgan fingerprint density at radius 1 is 1.20 bits per heavy atom. The number of primary amides is 1. The molecule has 0 bridgehead atoms. The van der Waals surface area contributed by atoms with Crippen LogP contribution in [0.25, 0.3) is 11.0 Å². The quantitative estimate of drug-likeness (QED) is 0.686. The van der Waals surface area contributed by atoms with E-state index in [0.29, 0.717) is 29.9 Å². The van der Waals surface area contributed by atoms with Crippen molar-refractivity contribution in [2.75, 3.05) is 6.54 Å². The van der Waals surface area contributed by atoms with E-state index in [4.69, 9.17) is 10.2 Å². The second-order valence-corrected chi connectivity index (χ2v) is 6.68. The summed E-state index contributed by atoms with van der Waals surface area (Å²) in [7, 11) is 0. The van der Waals surface area contributed by atoms with Crippen molar-refractivity contribution in [3.8, 4) is 0 Å². The van der Waals surface area contributed by atoms with Gasteiger partial charge in [-0.2, -0.15) is 0 Å². The maximum absolute atomic E-state index is 12.4. The van der Waals surface area contributed by atoms with Crippen LogP contribution in [0.5, 0.6) is 0 Å². The number of halogens is 1. The Bertz CT molecular complexity index is 962. The summed E-state index contributed by atoms with van der Waals surface area (Å²) in [6.45, 7) is 2.30. The van der Waals surface area contributed by atoms with E-state index in [0.717, 1.165) is 21.0 Å². The van der Waals surface area contributed by atoms with E-state index in [2.05, 4.69) is 21.2 Å². The van der Waals surface area contributed by atoms with E-state index >= 15 is 0 Å². The second-order valence-electron chi connectivity index (χ2n) is 5.77. The highest BCUT2D eigenvalue weighted by Gasteiger charge is 2.17. The lowest BCUT2D eigenvalue weighted by atomic mass is 10.1. The van der Waals surface area contributed by atoms with Crippen LogP contribution in [0.3, 0.4) is 0 Å². The average Bonchev–Trinajstić information content (AvgIpc) is 2.91. The largest absolute Gasteiger partial charge is 0.451 e. The molecule has 3 rings (SSSR count). The summed E-state index contributed by atoms with van der Waals surface area (Å²) in [6, 6.07) is 12.7. The molecule has 0 aliphatic carbocycles. The van der Waals surface area contributed by atoms with Crippen LogP contribution in [-0.4, -0.2) is 18.4 Å². The highest BCUT2D eigenvalue weighted by atomic mass is 79.9. The van der Waals surface area contributed by atoms with E-state index < -0.39 is 5.91 Å². The fourth-order valence-corrected chi connectivity index (χ4v) is 3.05. The fourth-order valence-electron chi connectivity index (χ4n) is 2.69. The molecule has 0 aliphatic rings. The first-order valence-corrected chi connectivity index (χ1v) is 8.60. The molecule has 1 heterocycles. The van der Waals surface area contributed by atoms with Crippen molar-refractivity contribution in [1.82, 2.24) is 5.32 Å². The molecule has 5 nitrogen and oxygen atoms in total. The summed E-state index contributed by atoms with van der Waals surface area (Å²) >= 11 is 3.42. The first-order chi connectivity index (χ1) is 12.0. The number of carbonyl (C=O) groups is 2.